The van der Waals surface area contributed by atoms with Crippen molar-refractivity contribution in [2.24, 2.45) is 0 Å². The van der Waals surface area contributed by atoms with Crippen LogP contribution in [0.1, 0.15) is 22.8 Å². The molecule has 1 atom stereocenters. The number of likely N-dealkylation sites (N-methyl/N-ethyl adjacent to an activating group) is 1. The minimum Gasteiger partial charge on any atom is -0.496 e. The number of methoxy groups -OCH3 is 1. The molecule has 0 aliphatic carbocycles. The minimum atomic E-state index is -0.697. The SMILES string of the molecule is CNC(=O)[C@@H]1CN(C(=O)c2ccc(OC)c(Cn3cccn3)c2)CCN1C(C)=O. The Kier molecular flexibility index (Phi) is 6.16. The number of benzene rings is 1. The first-order valence-corrected chi connectivity index (χ1v) is 9.37. The highest BCUT2D eigenvalue weighted by Gasteiger charge is 2.35. The fourth-order valence-electron chi connectivity index (χ4n) is 3.52. The maximum Gasteiger partial charge on any atom is 0.254 e. The molecule has 29 heavy (non-hydrogen) atoms. The molecule has 3 amide bonds. The maximum absolute atomic E-state index is 13.1. The van der Waals surface area contributed by atoms with Crippen molar-refractivity contribution in [3.05, 3.63) is 47.8 Å². The van der Waals surface area contributed by atoms with Crippen molar-refractivity contribution < 1.29 is 19.1 Å². The molecular formula is C20H25N5O4. The van der Waals surface area contributed by atoms with Gasteiger partial charge in [-0.3, -0.25) is 19.1 Å². The van der Waals surface area contributed by atoms with E-state index in [0.717, 1.165) is 5.56 Å². The van der Waals surface area contributed by atoms with Gasteiger partial charge in [-0.05, 0) is 24.3 Å². The van der Waals surface area contributed by atoms with E-state index in [0.29, 0.717) is 30.9 Å². The number of nitrogens with zero attached hydrogens (tertiary/aromatic N) is 4. The summed E-state index contributed by atoms with van der Waals surface area (Å²) in [6.07, 6.45) is 3.53. The fraction of sp³-hybridized carbons (Fsp3) is 0.400. The molecule has 1 aromatic carbocycles. The van der Waals surface area contributed by atoms with Crippen LogP contribution in [0, 0.1) is 0 Å². The summed E-state index contributed by atoms with van der Waals surface area (Å²) >= 11 is 0. The first-order valence-electron chi connectivity index (χ1n) is 9.37. The average molecular weight is 399 g/mol. The summed E-state index contributed by atoms with van der Waals surface area (Å²) in [5.41, 5.74) is 1.33. The van der Waals surface area contributed by atoms with Gasteiger partial charge in [0.15, 0.2) is 0 Å². The Balaban J connectivity index is 1.82. The van der Waals surface area contributed by atoms with Gasteiger partial charge in [-0.15, -0.1) is 0 Å². The largest absolute Gasteiger partial charge is 0.496 e. The lowest BCUT2D eigenvalue weighted by Crippen LogP contribution is -2.60. The Labute approximate surface area is 169 Å². The molecule has 9 nitrogen and oxygen atoms in total. The predicted molar refractivity (Wildman–Crippen MR) is 105 cm³/mol. The summed E-state index contributed by atoms with van der Waals surface area (Å²) in [6.45, 7) is 2.73. The van der Waals surface area contributed by atoms with Crippen molar-refractivity contribution >= 4 is 17.7 Å². The number of carbonyl (C=O) groups excluding carboxylic acids is 3. The molecule has 9 heteroatoms. The molecule has 1 fully saturated rings. The molecule has 0 saturated carbocycles. The van der Waals surface area contributed by atoms with Gasteiger partial charge in [0.25, 0.3) is 5.91 Å². The highest BCUT2D eigenvalue weighted by Crippen LogP contribution is 2.23. The van der Waals surface area contributed by atoms with Crippen LogP contribution in [0.2, 0.25) is 0 Å². The molecule has 1 saturated heterocycles. The van der Waals surface area contributed by atoms with Crippen LogP contribution in [0.5, 0.6) is 5.75 Å². The van der Waals surface area contributed by atoms with E-state index in [4.69, 9.17) is 4.74 Å². The molecule has 0 spiro atoms. The lowest BCUT2D eigenvalue weighted by Gasteiger charge is -2.40. The smallest absolute Gasteiger partial charge is 0.254 e. The minimum absolute atomic E-state index is 0.151. The quantitative estimate of drug-likeness (QED) is 0.783. The number of hydrogen-bond donors (Lipinski definition) is 1. The summed E-state index contributed by atoms with van der Waals surface area (Å²) in [4.78, 5) is 40.3. The van der Waals surface area contributed by atoms with Gasteiger partial charge < -0.3 is 19.9 Å². The highest BCUT2D eigenvalue weighted by molar-refractivity contribution is 5.96. The first-order chi connectivity index (χ1) is 13.9. The molecule has 1 aliphatic rings. The monoisotopic (exact) mass is 399 g/mol. The third kappa shape index (κ3) is 4.39. The van der Waals surface area contributed by atoms with Crippen LogP contribution in [-0.2, 0) is 16.1 Å². The zero-order valence-electron chi connectivity index (χ0n) is 16.8. The van der Waals surface area contributed by atoms with Crippen molar-refractivity contribution in [3.8, 4) is 5.75 Å². The number of amides is 3. The van der Waals surface area contributed by atoms with Crippen molar-refractivity contribution in [1.82, 2.24) is 24.9 Å². The van der Waals surface area contributed by atoms with Crippen molar-refractivity contribution in [1.29, 1.82) is 0 Å². The second kappa shape index (κ2) is 8.76. The lowest BCUT2D eigenvalue weighted by molar-refractivity contribution is -0.141. The molecule has 1 aromatic heterocycles. The second-order valence-electron chi connectivity index (χ2n) is 6.82. The van der Waals surface area contributed by atoms with Crippen molar-refractivity contribution in [2.75, 3.05) is 33.8 Å². The van der Waals surface area contributed by atoms with Crippen LogP contribution in [0.25, 0.3) is 0 Å². The van der Waals surface area contributed by atoms with Crippen LogP contribution >= 0.6 is 0 Å². The van der Waals surface area contributed by atoms with Crippen LogP contribution in [0.3, 0.4) is 0 Å². The molecule has 0 bridgehead atoms. The third-order valence-corrected chi connectivity index (χ3v) is 5.04. The van der Waals surface area contributed by atoms with Gasteiger partial charge >= 0.3 is 0 Å². The molecule has 154 valence electrons. The van der Waals surface area contributed by atoms with Crippen LogP contribution in [0.4, 0.5) is 0 Å². The van der Waals surface area contributed by atoms with E-state index < -0.39 is 6.04 Å². The summed E-state index contributed by atoms with van der Waals surface area (Å²) in [5.74, 6) is 0.0108. The highest BCUT2D eigenvalue weighted by atomic mass is 16.5. The average Bonchev–Trinajstić information content (AvgIpc) is 3.25. The number of nitrogens with one attached hydrogen (secondary N) is 1. The third-order valence-electron chi connectivity index (χ3n) is 5.04. The normalized spacial score (nSPS) is 16.4. The Hall–Kier alpha value is -3.36. The number of piperazine rings is 1. The first kappa shape index (κ1) is 20.4. The van der Waals surface area contributed by atoms with Crippen LogP contribution in [-0.4, -0.2) is 77.1 Å². The zero-order valence-corrected chi connectivity index (χ0v) is 16.8. The molecule has 2 aromatic rings. The van der Waals surface area contributed by atoms with E-state index >= 15 is 0 Å². The van der Waals surface area contributed by atoms with Gasteiger partial charge in [-0.1, -0.05) is 0 Å². The number of carbonyl (C=O) groups is 3. The Morgan fingerprint density at radius 3 is 2.69 bits per heavy atom. The van der Waals surface area contributed by atoms with E-state index in [2.05, 4.69) is 10.4 Å². The molecule has 0 unspecified atom stereocenters. The zero-order chi connectivity index (χ0) is 21.0. The summed E-state index contributed by atoms with van der Waals surface area (Å²) < 4.78 is 7.16. The van der Waals surface area contributed by atoms with Crippen LogP contribution in [0.15, 0.2) is 36.7 Å². The van der Waals surface area contributed by atoms with Crippen molar-refractivity contribution in [2.45, 2.75) is 19.5 Å². The van der Waals surface area contributed by atoms with Gasteiger partial charge in [0, 0.05) is 50.6 Å². The summed E-state index contributed by atoms with van der Waals surface area (Å²) in [7, 11) is 3.10. The molecular weight excluding hydrogens is 374 g/mol. The number of aromatic nitrogens is 2. The Morgan fingerprint density at radius 1 is 1.28 bits per heavy atom. The summed E-state index contributed by atoms with van der Waals surface area (Å²) in [5, 5.41) is 6.77. The van der Waals surface area contributed by atoms with Gasteiger partial charge in [0.2, 0.25) is 11.8 Å². The number of hydrogen-bond acceptors (Lipinski definition) is 5. The molecule has 0 radical (unpaired) electrons. The van der Waals surface area contributed by atoms with E-state index in [9.17, 15) is 14.4 Å². The van der Waals surface area contributed by atoms with Gasteiger partial charge in [0.1, 0.15) is 11.8 Å². The Bertz CT molecular complexity index is 896. The molecule has 1 aliphatic heterocycles. The second-order valence-corrected chi connectivity index (χ2v) is 6.82. The maximum atomic E-state index is 13.1. The lowest BCUT2D eigenvalue weighted by atomic mass is 10.1. The predicted octanol–water partition coefficient (Wildman–Crippen LogP) is 0.359. The van der Waals surface area contributed by atoms with E-state index in [1.54, 1.807) is 41.1 Å². The standard InChI is InChI=1S/C20H25N5O4/c1-14(26)25-10-9-23(13-17(25)19(27)21-2)20(28)15-5-6-18(29-3)16(11-15)12-24-8-4-7-22-24/h4-8,11,17H,9-10,12-13H2,1-3H3,(H,21,27)/t17-/m0/s1. The molecule has 2 heterocycles. The summed E-state index contributed by atoms with van der Waals surface area (Å²) in [6, 6.07) is 6.38. The van der Waals surface area contributed by atoms with Gasteiger partial charge in [0.05, 0.1) is 20.2 Å². The van der Waals surface area contributed by atoms with Gasteiger partial charge in [-0.2, -0.15) is 5.10 Å². The van der Waals surface area contributed by atoms with E-state index in [1.165, 1.54) is 18.9 Å². The van der Waals surface area contributed by atoms with Gasteiger partial charge in [-0.25, -0.2) is 0 Å². The number of ether oxygens (including phenoxy) is 1. The van der Waals surface area contributed by atoms with E-state index in [-0.39, 0.29) is 24.3 Å². The molecule has 3 rings (SSSR count). The molecule has 1 N–H and O–H groups in total. The van der Waals surface area contributed by atoms with Crippen LogP contribution < -0.4 is 10.1 Å². The van der Waals surface area contributed by atoms with Crippen molar-refractivity contribution in [3.63, 3.8) is 0 Å². The topological polar surface area (TPSA) is 96.8 Å². The fourth-order valence-corrected chi connectivity index (χ4v) is 3.52. The number of rotatable bonds is 5. The Morgan fingerprint density at radius 2 is 2.07 bits per heavy atom. The van der Waals surface area contributed by atoms with E-state index in [1.807, 2.05) is 12.3 Å².